The second kappa shape index (κ2) is 4.40. The highest BCUT2D eigenvalue weighted by Crippen LogP contribution is 2.35. The first-order valence-corrected chi connectivity index (χ1v) is 6.13. The number of carboxylic acids is 1. The largest absolute Gasteiger partial charge is 0.481 e. The molecule has 1 aliphatic rings. The van der Waals surface area contributed by atoms with Crippen molar-refractivity contribution in [3.63, 3.8) is 0 Å². The lowest BCUT2D eigenvalue weighted by Crippen LogP contribution is -2.28. The normalized spacial score (nSPS) is 16.1. The van der Waals surface area contributed by atoms with Gasteiger partial charge in [-0.1, -0.05) is 12.1 Å². The van der Waals surface area contributed by atoms with E-state index in [9.17, 15) is 4.79 Å². The molecule has 1 atom stereocenters. The van der Waals surface area contributed by atoms with E-state index in [0.29, 0.717) is 6.04 Å². The summed E-state index contributed by atoms with van der Waals surface area (Å²) in [4.78, 5) is 13.4. The van der Waals surface area contributed by atoms with E-state index >= 15 is 0 Å². The molecule has 17 heavy (non-hydrogen) atoms. The lowest BCUT2D eigenvalue weighted by Gasteiger charge is -2.24. The third kappa shape index (κ3) is 2.02. The van der Waals surface area contributed by atoms with Gasteiger partial charge >= 0.3 is 5.97 Å². The van der Waals surface area contributed by atoms with Crippen LogP contribution in [-0.4, -0.2) is 23.7 Å². The van der Waals surface area contributed by atoms with Crippen molar-refractivity contribution in [2.45, 2.75) is 39.2 Å². The second-order valence-corrected chi connectivity index (χ2v) is 4.94. The molecule has 0 aliphatic carbocycles. The fourth-order valence-electron chi connectivity index (χ4n) is 2.56. The molecule has 0 amide bonds. The Balaban J connectivity index is 2.43. The first kappa shape index (κ1) is 12.0. The van der Waals surface area contributed by atoms with Crippen LogP contribution in [0.5, 0.6) is 0 Å². The zero-order chi connectivity index (χ0) is 12.6. The molecule has 1 aromatic carbocycles. The Morgan fingerprint density at radius 2 is 2.06 bits per heavy atom. The van der Waals surface area contributed by atoms with Gasteiger partial charge in [-0.2, -0.15) is 0 Å². The first-order chi connectivity index (χ1) is 8.02. The van der Waals surface area contributed by atoms with Crippen LogP contribution in [0.4, 0.5) is 5.69 Å². The molecule has 0 spiro atoms. The second-order valence-electron chi connectivity index (χ2n) is 4.94. The number of carbonyl (C=O) groups is 1. The van der Waals surface area contributed by atoms with Crippen molar-refractivity contribution in [2.24, 2.45) is 0 Å². The molecule has 3 nitrogen and oxygen atoms in total. The quantitative estimate of drug-likeness (QED) is 0.872. The van der Waals surface area contributed by atoms with Gasteiger partial charge in [0.2, 0.25) is 0 Å². The number of hydrogen-bond acceptors (Lipinski definition) is 2. The molecule has 92 valence electrons. The summed E-state index contributed by atoms with van der Waals surface area (Å²) in [7, 11) is 0. The predicted molar refractivity (Wildman–Crippen MR) is 68.7 cm³/mol. The molecule has 1 aromatic rings. The maximum Gasteiger partial charge on any atom is 0.310 e. The molecule has 0 saturated heterocycles. The summed E-state index contributed by atoms with van der Waals surface area (Å²) in [5, 5.41) is 9.13. The van der Waals surface area contributed by atoms with Crippen LogP contribution >= 0.6 is 0 Å². The lowest BCUT2D eigenvalue weighted by atomic mass is 9.94. The number of carboxylic acid groups (broad SMARTS) is 1. The van der Waals surface area contributed by atoms with Gasteiger partial charge in [0.15, 0.2) is 0 Å². The molecule has 1 heterocycles. The van der Waals surface area contributed by atoms with E-state index in [-0.39, 0.29) is 0 Å². The van der Waals surface area contributed by atoms with Crippen LogP contribution in [0.15, 0.2) is 18.2 Å². The summed E-state index contributed by atoms with van der Waals surface area (Å²) in [6, 6.07) is 6.47. The highest BCUT2D eigenvalue weighted by molar-refractivity contribution is 5.78. The molecule has 0 aromatic heterocycles. The van der Waals surface area contributed by atoms with Gasteiger partial charge in [-0.15, -0.1) is 0 Å². The number of fused-ring (bicyclic) bond motifs is 1. The molecule has 2 rings (SSSR count). The fourth-order valence-corrected chi connectivity index (χ4v) is 2.56. The molecule has 1 unspecified atom stereocenters. The number of nitrogens with zero attached hydrogens (tertiary/aromatic N) is 1. The van der Waals surface area contributed by atoms with E-state index in [2.05, 4.69) is 24.8 Å². The van der Waals surface area contributed by atoms with Crippen LogP contribution in [0.1, 0.15) is 37.8 Å². The third-order valence-electron chi connectivity index (χ3n) is 3.56. The first-order valence-electron chi connectivity index (χ1n) is 6.13. The molecular formula is C14H19NO2. The SMILES string of the molecule is CC(C(=O)O)c1cccc2c1CCN2C(C)C. The van der Waals surface area contributed by atoms with Crippen molar-refractivity contribution in [3.05, 3.63) is 29.3 Å². The maximum absolute atomic E-state index is 11.1. The van der Waals surface area contributed by atoms with Crippen LogP contribution in [0.3, 0.4) is 0 Å². The van der Waals surface area contributed by atoms with Gasteiger partial charge < -0.3 is 10.0 Å². The van der Waals surface area contributed by atoms with Crippen LogP contribution < -0.4 is 4.90 Å². The van der Waals surface area contributed by atoms with Crippen molar-refractivity contribution >= 4 is 11.7 Å². The fraction of sp³-hybridized carbons (Fsp3) is 0.500. The van der Waals surface area contributed by atoms with Crippen LogP contribution in [0.25, 0.3) is 0 Å². The van der Waals surface area contributed by atoms with E-state index in [0.717, 1.165) is 18.5 Å². The Labute approximate surface area is 102 Å². The van der Waals surface area contributed by atoms with Crippen molar-refractivity contribution in [1.29, 1.82) is 0 Å². The summed E-state index contributed by atoms with van der Waals surface area (Å²) in [5.41, 5.74) is 3.40. The van der Waals surface area contributed by atoms with Gasteiger partial charge in [-0.25, -0.2) is 0 Å². The van der Waals surface area contributed by atoms with E-state index in [4.69, 9.17) is 5.11 Å². The Bertz CT molecular complexity index is 440. The molecule has 0 radical (unpaired) electrons. The van der Waals surface area contributed by atoms with Crippen molar-refractivity contribution in [2.75, 3.05) is 11.4 Å². The summed E-state index contributed by atoms with van der Waals surface area (Å²) in [6.07, 6.45) is 0.960. The number of benzene rings is 1. The van der Waals surface area contributed by atoms with Crippen molar-refractivity contribution in [3.8, 4) is 0 Å². The monoisotopic (exact) mass is 233 g/mol. The molecule has 0 saturated carbocycles. The highest BCUT2D eigenvalue weighted by atomic mass is 16.4. The average Bonchev–Trinajstić information content (AvgIpc) is 2.71. The van der Waals surface area contributed by atoms with Crippen LogP contribution in [0, 0.1) is 0 Å². The van der Waals surface area contributed by atoms with Crippen LogP contribution in [-0.2, 0) is 11.2 Å². The van der Waals surface area contributed by atoms with Crippen molar-refractivity contribution in [1.82, 2.24) is 0 Å². The lowest BCUT2D eigenvalue weighted by molar-refractivity contribution is -0.138. The average molecular weight is 233 g/mol. The minimum absolute atomic E-state index is 0.419. The van der Waals surface area contributed by atoms with Gasteiger partial charge in [-0.05, 0) is 44.4 Å². The minimum Gasteiger partial charge on any atom is -0.481 e. The molecule has 1 N–H and O–H groups in total. The number of rotatable bonds is 3. The highest BCUT2D eigenvalue weighted by Gasteiger charge is 2.26. The molecular weight excluding hydrogens is 214 g/mol. The standard InChI is InChI=1S/C14H19NO2/c1-9(2)15-8-7-12-11(10(3)14(16)17)5-4-6-13(12)15/h4-6,9-10H,7-8H2,1-3H3,(H,16,17). The zero-order valence-corrected chi connectivity index (χ0v) is 10.6. The van der Waals surface area contributed by atoms with Crippen molar-refractivity contribution < 1.29 is 9.90 Å². The number of anilines is 1. The van der Waals surface area contributed by atoms with E-state index in [1.165, 1.54) is 11.3 Å². The summed E-state index contributed by atoms with van der Waals surface area (Å²) >= 11 is 0. The molecule has 0 bridgehead atoms. The number of hydrogen-bond donors (Lipinski definition) is 1. The van der Waals surface area contributed by atoms with E-state index < -0.39 is 11.9 Å². The summed E-state index contributed by atoms with van der Waals surface area (Å²) in [5.74, 6) is -1.17. The summed E-state index contributed by atoms with van der Waals surface area (Å²) < 4.78 is 0. The van der Waals surface area contributed by atoms with Gasteiger partial charge in [0, 0.05) is 18.3 Å². The third-order valence-corrected chi connectivity index (χ3v) is 3.56. The van der Waals surface area contributed by atoms with Gasteiger partial charge in [0.05, 0.1) is 5.92 Å². The Hall–Kier alpha value is -1.51. The molecule has 1 aliphatic heterocycles. The van der Waals surface area contributed by atoms with Gasteiger partial charge in [-0.3, -0.25) is 4.79 Å². The maximum atomic E-state index is 11.1. The Morgan fingerprint density at radius 3 is 2.65 bits per heavy atom. The van der Waals surface area contributed by atoms with Crippen LogP contribution in [0.2, 0.25) is 0 Å². The molecule has 3 heteroatoms. The van der Waals surface area contributed by atoms with Gasteiger partial charge in [0.25, 0.3) is 0 Å². The Kier molecular flexibility index (Phi) is 3.09. The molecule has 0 fully saturated rings. The smallest absolute Gasteiger partial charge is 0.310 e. The van der Waals surface area contributed by atoms with Gasteiger partial charge in [0.1, 0.15) is 0 Å². The Morgan fingerprint density at radius 1 is 1.35 bits per heavy atom. The predicted octanol–water partition coefficient (Wildman–Crippen LogP) is 2.65. The van der Waals surface area contributed by atoms with E-state index in [1.54, 1.807) is 6.92 Å². The summed E-state index contributed by atoms with van der Waals surface area (Å²) in [6.45, 7) is 7.09. The van der Waals surface area contributed by atoms with E-state index in [1.807, 2.05) is 12.1 Å². The number of aliphatic carboxylic acids is 1. The topological polar surface area (TPSA) is 40.5 Å². The zero-order valence-electron chi connectivity index (χ0n) is 10.6. The minimum atomic E-state index is -0.749.